The molecule has 0 aliphatic heterocycles. The molecule has 1 rings (SSSR count). The van der Waals surface area contributed by atoms with E-state index >= 15 is 0 Å². The fraction of sp³-hybridized carbons (Fsp3) is 0.273. The number of ether oxygens (including phenoxy) is 1. The second-order valence-electron chi connectivity index (χ2n) is 2.92. The molecule has 0 aliphatic rings. The Hall–Kier alpha value is -1.60. The zero-order valence-electron chi connectivity index (χ0n) is 8.59. The maximum atomic E-state index is 13.6. The van der Waals surface area contributed by atoms with Gasteiger partial charge in [0, 0.05) is 5.56 Å². The highest BCUT2D eigenvalue weighted by Gasteiger charge is 2.18. The monoisotopic (exact) mass is 241 g/mol. The van der Waals surface area contributed by atoms with Crippen LogP contribution in [0.1, 0.15) is 28.4 Å². The number of esters is 1. The maximum Gasteiger partial charge on any atom is 0.338 e. The first-order valence-corrected chi connectivity index (χ1v) is 5.13. The highest BCUT2D eigenvalue weighted by molar-refractivity contribution is 6.17. The molecule has 0 amide bonds. The maximum absolute atomic E-state index is 13.6. The van der Waals surface area contributed by atoms with Crippen LogP contribution >= 0.6 is 11.6 Å². The molecular weight excluding hydrogens is 233 g/mol. The van der Waals surface area contributed by atoms with Crippen molar-refractivity contribution in [1.82, 2.24) is 0 Å². The lowest BCUT2D eigenvalue weighted by Gasteiger charge is -2.08. The normalized spacial score (nSPS) is 9.62. The lowest BCUT2D eigenvalue weighted by Crippen LogP contribution is -2.09. The summed E-state index contributed by atoms with van der Waals surface area (Å²) in [5, 5.41) is 8.62. The Labute approximate surface area is 97.4 Å². The minimum Gasteiger partial charge on any atom is -0.462 e. The molecule has 0 radical (unpaired) electrons. The molecule has 0 heterocycles. The number of hydrogen-bond acceptors (Lipinski definition) is 3. The van der Waals surface area contributed by atoms with Crippen molar-refractivity contribution >= 4 is 17.6 Å². The number of carbonyl (C=O) groups is 1. The first-order chi connectivity index (χ1) is 7.65. The van der Waals surface area contributed by atoms with Crippen LogP contribution in [0.4, 0.5) is 4.39 Å². The zero-order valence-corrected chi connectivity index (χ0v) is 9.34. The molecule has 16 heavy (non-hydrogen) atoms. The Morgan fingerprint density at radius 1 is 1.62 bits per heavy atom. The standard InChI is InChI=1S/C11H9ClFNO2/c1-2-16-11(15)8-4-3-7(6-14)10(13)9(8)5-12/h3-4H,2,5H2,1H3. The molecule has 0 bridgehead atoms. The average molecular weight is 242 g/mol. The van der Waals surface area contributed by atoms with E-state index in [1.807, 2.05) is 0 Å². The Kier molecular flexibility index (Phi) is 4.27. The lowest BCUT2D eigenvalue weighted by molar-refractivity contribution is 0.0524. The highest BCUT2D eigenvalue weighted by atomic mass is 35.5. The molecule has 5 heteroatoms. The summed E-state index contributed by atoms with van der Waals surface area (Å²) in [5.41, 5.74) is -0.0729. The zero-order chi connectivity index (χ0) is 12.1. The second kappa shape index (κ2) is 5.47. The van der Waals surface area contributed by atoms with Crippen molar-refractivity contribution in [3.8, 4) is 6.07 Å². The molecule has 0 aromatic heterocycles. The predicted octanol–water partition coefficient (Wildman–Crippen LogP) is 2.61. The van der Waals surface area contributed by atoms with E-state index < -0.39 is 11.8 Å². The molecule has 1 aromatic carbocycles. The minimum absolute atomic E-state index is 0.000772. The van der Waals surface area contributed by atoms with E-state index in [2.05, 4.69) is 0 Å². The summed E-state index contributed by atoms with van der Waals surface area (Å²) in [6.07, 6.45) is 0. The SMILES string of the molecule is CCOC(=O)c1ccc(C#N)c(F)c1CCl. The molecular formula is C11H9ClFNO2. The van der Waals surface area contributed by atoms with Gasteiger partial charge in [-0.1, -0.05) is 0 Å². The quantitative estimate of drug-likeness (QED) is 0.604. The highest BCUT2D eigenvalue weighted by Crippen LogP contribution is 2.20. The van der Waals surface area contributed by atoms with E-state index in [0.717, 1.165) is 0 Å². The first-order valence-electron chi connectivity index (χ1n) is 4.60. The third-order valence-corrected chi connectivity index (χ3v) is 2.26. The third kappa shape index (κ3) is 2.31. The smallest absolute Gasteiger partial charge is 0.338 e. The van der Waals surface area contributed by atoms with Gasteiger partial charge >= 0.3 is 5.97 Å². The van der Waals surface area contributed by atoms with E-state index in [1.54, 1.807) is 13.0 Å². The molecule has 0 saturated heterocycles. The number of rotatable bonds is 3. The molecule has 0 spiro atoms. The van der Waals surface area contributed by atoms with Gasteiger partial charge in [-0.15, -0.1) is 11.6 Å². The van der Waals surface area contributed by atoms with Crippen LogP contribution in [-0.4, -0.2) is 12.6 Å². The average Bonchev–Trinajstić information content (AvgIpc) is 2.28. The van der Waals surface area contributed by atoms with E-state index in [1.165, 1.54) is 12.1 Å². The molecule has 84 valence electrons. The van der Waals surface area contributed by atoms with E-state index in [4.69, 9.17) is 21.6 Å². The van der Waals surface area contributed by atoms with Gasteiger partial charge < -0.3 is 4.74 Å². The lowest BCUT2D eigenvalue weighted by atomic mass is 10.0. The number of nitriles is 1. The van der Waals surface area contributed by atoms with Gasteiger partial charge in [0.15, 0.2) is 0 Å². The predicted molar refractivity (Wildman–Crippen MR) is 56.6 cm³/mol. The Bertz CT molecular complexity index is 454. The van der Waals surface area contributed by atoms with Gasteiger partial charge in [0.25, 0.3) is 0 Å². The molecule has 0 saturated carbocycles. The Balaban J connectivity index is 3.27. The topological polar surface area (TPSA) is 50.1 Å². The van der Waals surface area contributed by atoms with Crippen LogP contribution in [0.3, 0.4) is 0 Å². The van der Waals surface area contributed by atoms with Gasteiger partial charge in [0.05, 0.1) is 23.6 Å². The van der Waals surface area contributed by atoms with Gasteiger partial charge in [-0.05, 0) is 19.1 Å². The van der Waals surface area contributed by atoms with Crippen LogP contribution in [-0.2, 0) is 10.6 Å². The summed E-state index contributed by atoms with van der Waals surface area (Å²) < 4.78 is 18.4. The Morgan fingerprint density at radius 2 is 2.31 bits per heavy atom. The van der Waals surface area contributed by atoms with Crippen LogP contribution < -0.4 is 0 Å². The number of carbonyl (C=O) groups excluding carboxylic acids is 1. The molecule has 0 unspecified atom stereocenters. The van der Waals surface area contributed by atoms with E-state index in [0.29, 0.717) is 0 Å². The Morgan fingerprint density at radius 3 is 2.81 bits per heavy atom. The second-order valence-corrected chi connectivity index (χ2v) is 3.19. The van der Waals surface area contributed by atoms with Gasteiger partial charge in [0.2, 0.25) is 0 Å². The largest absolute Gasteiger partial charge is 0.462 e. The van der Waals surface area contributed by atoms with Crippen molar-refractivity contribution in [3.05, 3.63) is 34.6 Å². The summed E-state index contributed by atoms with van der Waals surface area (Å²) in [6.45, 7) is 1.85. The molecule has 0 atom stereocenters. The van der Waals surface area contributed by atoms with Gasteiger partial charge in [-0.2, -0.15) is 5.26 Å². The van der Waals surface area contributed by atoms with Crippen molar-refractivity contribution in [2.24, 2.45) is 0 Å². The number of halogens is 2. The van der Waals surface area contributed by atoms with Gasteiger partial charge in [-0.3, -0.25) is 0 Å². The number of benzene rings is 1. The summed E-state index contributed by atoms with van der Waals surface area (Å²) in [5.74, 6) is -1.58. The van der Waals surface area contributed by atoms with Crippen LogP contribution in [0.15, 0.2) is 12.1 Å². The molecule has 0 N–H and O–H groups in total. The van der Waals surface area contributed by atoms with Crippen LogP contribution in [0.5, 0.6) is 0 Å². The van der Waals surface area contributed by atoms with E-state index in [-0.39, 0.29) is 29.2 Å². The fourth-order valence-corrected chi connectivity index (χ4v) is 1.50. The van der Waals surface area contributed by atoms with Crippen molar-refractivity contribution in [3.63, 3.8) is 0 Å². The summed E-state index contributed by atoms with van der Waals surface area (Å²) >= 11 is 5.55. The van der Waals surface area contributed by atoms with Crippen molar-refractivity contribution < 1.29 is 13.9 Å². The van der Waals surface area contributed by atoms with Crippen molar-refractivity contribution in [1.29, 1.82) is 5.26 Å². The van der Waals surface area contributed by atoms with Gasteiger partial charge in [0.1, 0.15) is 11.9 Å². The molecule has 0 fully saturated rings. The van der Waals surface area contributed by atoms with Gasteiger partial charge in [-0.25, -0.2) is 9.18 Å². The molecule has 1 aromatic rings. The van der Waals surface area contributed by atoms with E-state index in [9.17, 15) is 9.18 Å². The minimum atomic E-state index is -0.761. The van der Waals surface area contributed by atoms with Crippen LogP contribution in [0.25, 0.3) is 0 Å². The summed E-state index contributed by atoms with van der Waals surface area (Å²) in [6, 6.07) is 4.26. The number of nitrogens with zero attached hydrogens (tertiary/aromatic N) is 1. The fourth-order valence-electron chi connectivity index (χ4n) is 1.24. The van der Waals surface area contributed by atoms with Crippen molar-refractivity contribution in [2.45, 2.75) is 12.8 Å². The number of alkyl halides is 1. The summed E-state index contributed by atoms with van der Waals surface area (Å²) in [4.78, 5) is 11.4. The van der Waals surface area contributed by atoms with Crippen molar-refractivity contribution in [2.75, 3.05) is 6.61 Å². The third-order valence-electron chi connectivity index (χ3n) is 1.99. The first kappa shape index (κ1) is 12.5. The van der Waals surface area contributed by atoms with Crippen LogP contribution in [0, 0.1) is 17.1 Å². The molecule has 0 aliphatic carbocycles. The van der Waals surface area contributed by atoms with Crippen LogP contribution in [0.2, 0.25) is 0 Å². The molecule has 3 nitrogen and oxygen atoms in total. The summed E-state index contributed by atoms with van der Waals surface area (Å²) in [7, 11) is 0. The number of hydrogen-bond donors (Lipinski definition) is 0.